The van der Waals surface area contributed by atoms with E-state index in [1.807, 2.05) is 0 Å². The first-order chi connectivity index (χ1) is 8.25. The van der Waals surface area contributed by atoms with Crippen LogP contribution in [0.5, 0.6) is 0 Å². The Labute approximate surface area is 112 Å². The second kappa shape index (κ2) is 6.43. The van der Waals surface area contributed by atoms with Crippen molar-refractivity contribution in [1.82, 2.24) is 9.88 Å². The lowest BCUT2D eigenvalue weighted by atomic mass is 10.3. The highest BCUT2D eigenvalue weighted by Crippen LogP contribution is 2.22. The number of anilines is 1. The molecule has 5 heteroatoms. The molecule has 0 bridgehead atoms. The van der Waals surface area contributed by atoms with E-state index in [4.69, 9.17) is 23.2 Å². The Hall–Kier alpha value is -0.510. The molecule has 0 aromatic carbocycles. The second-order valence-corrected chi connectivity index (χ2v) is 5.16. The summed E-state index contributed by atoms with van der Waals surface area (Å²) in [6.45, 7) is 4.54. The Morgan fingerprint density at radius 2 is 2.06 bits per heavy atom. The van der Waals surface area contributed by atoms with Gasteiger partial charge in [0.05, 0.1) is 10.0 Å². The van der Waals surface area contributed by atoms with Crippen molar-refractivity contribution in [3.05, 3.63) is 22.3 Å². The van der Waals surface area contributed by atoms with Gasteiger partial charge in [0.25, 0.3) is 0 Å². The van der Waals surface area contributed by atoms with Crippen molar-refractivity contribution in [2.75, 3.05) is 31.5 Å². The van der Waals surface area contributed by atoms with Gasteiger partial charge in [-0.3, -0.25) is 0 Å². The van der Waals surface area contributed by atoms with Crippen molar-refractivity contribution < 1.29 is 0 Å². The van der Waals surface area contributed by atoms with E-state index in [0.717, 1.165) is 25.3 Å². The van der Waals surface area contributed by atoms with Gasteiger partial charge in [0, 0.05) is 12.7 Å². The number of likely N-dealkylation sites (tertiary alicyclic amines) is 1. The molecular formula is C12H17Cl2N3. The average Bonchev–Trinajstić information content (AvgIpc) is 2.79. The first kappa shape index (κ1) is 12.9. The van der Waals surface area contributed by atoms with E-state index in [0.29, 0.717) is 10.0 Å². The van der Waals surface area contributed by atoms with Crippen LogP contribution < -0.4 is 5.32 Å². The first-order valence-corrected chi connectivity index (χ1v) is 6.78. The molecule has 0 amide bonds. The molecule has 94 valence electrons. The van der Waals surface area contributed by atoms with Crippen LogP contribution in [0.15, 0.2) is 12.3 Å². The van der Waals surface area contributed by atoms with Gasteiger partial charge in [-0.05, 0) is 45.0 Å². The molecule has 1 aromatic heterocycles. The van der Waals surface area contributed by atoms with E-state index in [2.05, 4.69) is 15.2 Å². The van der Waals surface area contributed by atoms with Crippen LogP contribution in [0.3, 0.4) is 0 Å². The Morgan fingerprint density at radius 3 is 2.76 bits per heavy atom. The second-order valence-electron chi connectivity index (χ2n) is 4.31. The summed E-state index contributed by atoms with van der Waals surface area (Å²) in [7, 11) is 0. The van der Waals surface area contributed by atoms with Gasteiger partial charge in [0.15, 0.2) is 0 Å². The number of halogens is 2. The largest absolute Gasteiger partial charge is 0.369 e. The van der Waals surface area contributed by atoms with Crippen molar-refractivity contribution in [3.8, 4) is 0 Å². The highest BCUT2D eigenvalue weighted by molar-refractivity contribution is 6.35. The number of pyridine rings is 1. The monoisotopic (exact) mass is 273 g/mol. The molecule has 1 aliphatic rings. The Morgan fingerprint density at radius 1 is 1.29 bits per heavy atom. The molecule has 0 atom stereocenters. The summed E-state index contributed by atoms with van der Waals surface area (Å²) in [4.78, 5) is 6.66. The Bertz CT molecular complexity index is 365. The van der Waals surface area contributed by atoms with Crippen molar-refractivity contribution in [2.24, 2.45) is 0 Å². The molecular weight excluding hydrogens is 257 g/mol. The van der Waals surface area contributed by atoms with E-state index in [-0.39, 0.29) is 0 Å². The fraction of sp³-hybridized carbons (Fsp3) is 0.583. The third-order valence-electron chi connectivity index (χ3n) is 2.95. The topological polar surface area (TPSA) is 28.2 Å². The van der Waals surface area contributed by atoms with Crippen molar-refractivity contribution in [3.63, 3.8) is 0 Å². The smallest absolute Gasteiger partial charge is 0.144 e. The number of hydrogen-bond acceptors (Lipinski definition) is 3. The molecule has 1 saturated heterocycles. The molecule has 0 radical (unpaired) electrons. The normalized spacial score (nSPS) is 16.4. The van der Waals surface area contributed by atoms with Crippen LogP contribution in [0.1, 0.15) is 19.3 Å². The van der Waals surface area contributed by atoms with E-state index < -0.39 is 0 Å². The summed E-state index contributed by atoms with van der Waals surface area (Å²) in [5.41, 5.74) is 0. The molecule has 0 unspecified atom stereocenters. The quantitative estimate of drug-likeness (QED) is 0.835. The van der Waals surface area contributed by atoms with E-state index in [1.54, 1.807) is 12.3 Å². The third-order valence-corrected chi connectivity index (χ3v) is 3.44. The molecule has 1 aliphatic heterocycles. The van der Waals surface area contributed by atoms with Crippen LogP contribution in [0.4, 0.5) is 5.82 Å². The minimum atomic E-state index is 0.567. The average molecular weight is 274 g/mol. The summed E-state index contributed by atoms with van der Waals surface area (Å²) < 4.78 is 0. The highest BCUT2D eigenvalue weighted by atomic mass is 35.5. The van der Waals surface area contributed by atoms with Crippen molar-refractivity contribution >= 4 is 29.0 Å². The molecule has 0 aliphatic carbocycles. The molecule has 1 aromatic rings. The number of aromatic nitrogens is 1. The van der Waals surface area contributed by atoms with Gasteiger partial charge in [-0.15, -0.1) is 0 Å². The Balaban J connectivity index is 1.70. The minimum absolute atomic E-state index is 0.567. The van der Waals surface area contributed by atoms with Crippen LogP contribution in [-0.2, 0) is 0 Å². The first-order valence-electron chi connectivity index (χ1n) is 6.03. The summed E-state index contributed by atoms with van der Waals surface area (Å²) in [6.07, 6.45) is 5.41. The number of nitrogens with zero attached hydrogens (tertiary/aromatic N) is 2. The van der Waals surface area contributed by atoms with Crippen molar-refractivity contribution in [1.29, 1.82) is 0 Å². The summed E-state index contributed by atoms with van der Waals surface area (Å²) in [5.74, 6) is 0.720. The zero-order valence-electron chi connectivity index (χ0n) is 9.75. The molecule has 0 spiro atoms. The van der Waals surface area contributed by atoms with E-state index >= 15 is 0 Å². The molecule has 3 nitrogen and oxygen atoms in total. The van der Waals surface area contributed by atoms with Crippen LogP contribution >= 0.6 is 23.2 Å². The Kier molecular flexibility index (Phi) is 4.89. The van der Waals surface area contributed by atoms with Gasteiger partial charge in [-0.2, -0.15) is 0 Å². The van der Waals surface area contributed by atoms with Gasteiger partial charge < -0.3 is 10.2 Å². The molecule has 2 rings (SSSR count). The molecule has 1 fully saturated rings. The SMILES string of the molecule is Clc1cnc(NCCCN2CCCC2)c(Cl)c1. The molecule has 17 heavy (non-hydrogen) atoms. The lowest BCUT2D eigenvalue weighted by molar-refractivity contribution is 0.337. The standard InChI is InChI=1S/C12H17Cl2N3/c13-10-8-11(14)12(16-9-10)15-4-3-7-17-5-1-2-6-17/h8-9H,1-7H2,(H,15,16). The van der Waals surface area contributed by atoms with Gasteiger partial charge in [-0.1, -0.05) is 23.2 Å². The number of nitrogens with one attached hydrogen (secondary N) is 1. The fourth-order valence-electron chi connectivity index (χ4n) is 2.06. The summed E-state index contributed by atoms with van der Waals surface area (Å²) >= 11 is 11.8. The maximum atomic E-state index is 6.02. The lowest BCUT2D eigenvalue weighted by Crippen LogP contribution is -2.22. The van der Waals surface area contributed by atoms with Crippen LogP contribution in [-0.4, -0.2) is 36.1 Å². The lowest BCUT2D eigenvalue weighted by Gasteiger charge is -2.14. The summed E-state index contributed by atoms with van der Waals surface area (Å²) in [5, 5.41) is 4.39. The molecule has 1 N–H and O–H groups in total. The van der Waals surface area contributed by atoms with Crippen molar-refractivity contribution in [2.45, 2.75) is 19.3 Å². The molecule has 0 saturated carbocycles. The van der Waals surface area contributed by atoms with Gasteiger partial charge in [0.1, 0.15) is 5.82 Å². The molecule has 2 heterocycles. The zero-order valence-corrected chi connectivity index (χ0v) is 11.3. The van der Waals surface area contributed by atoms with E-state index in [1.165, 1.54) is 25.9 Å². The number of rotatable bonds is 5. The zero-order chi connectivity index (χ0) is 12.1. The van der Waals surface area contributed by atoms with Crippen LogP contribution in [0.25, 0.3) is 0 Å². The van der Waals surface area contributed by atoms with Gasteiger partial charge in [0.2, 0.25) is 0 Å². The fourth-order valence-corrected chi connectivity index (χ4v) is 2.51. The highest BCUT2D eigenvalue weighted by Gasteiger charge is 2.10. The predicted octanol–water partition coefficient (Wildman–Crippen LogP) is 3.29. The third kappa shape index (κ3) is 4.02. The maximum Gasteiger partial charge on any atom is 0.144 e. The number of hydrogen-bond donors (Lipinski definition) is 1. The van der Waals surface area contributed by atoms with Gasteiger partial charge >= 0.3 is 0 Å². The minimum Gasteiger partial charge on any atom is -0.369 e. The summed E-state index contributed by atoms with van der Waals surface area (Å²) in [6, 6.07) is 1.71. The van der Waals surface area contributed by atoms with E-state index in [9.17, 15) is 0 Å². The van der Waals surface area contributed by atoms with Crippen LogP contribution in [0.2, 0.25) is 10.0 Å². The van der Waals surface area contributed by atoms with Gasteiger partial charge in [-0.25, -0.2) is 4.98 Å². The predicted molar refractivity (Wildman–Crippen MR) is 73.0 cm³/mol. The maximum absolute atomic E-state index is 6.02. The van der Waals surface area contributed by atoms with Crippen LogP contribution in [0, 0.1) is 0 Å².